The predicted molar refractivity (Wildman–Crippen MR) is 74.4 cm³/mol. The summed E-state index contributed by atoms with van der Waals surface area (Å²) in [5.74, 6) is 0.0582. The third-order valence-electron chi connectivity index (χ3n) is 3.74. The summed E-state index contributed by atoms with van der Waals surface area (Å²) in [5, 5.41) is 2.80. The second-order valence-electron chi connectivity index (χ2n) is 5.24. The second-order valence-corrected chi connectivity index (χ2v) is 7.31. The van der Waals surface area contributed by atoms with Crippen molar-refractivity contribution in [3.05, 3.63) is 23.8 Å². The normalized spacial score (nSPS) is 24.1. The third-order valence-corrected chi connectivity index (χ3v) is 5.64. The first-order chi connectivity index (χ1) is 9.56. The number of hydrogen-bond acceptors (Lipinski definition) is 4. The van der Waals surface area contributed by atoms with E-state index >= 15 is 0 Å². The smallest absolute Gasteiger partial charge is 0.253 e. The number of benzene rings is 1. The number of sulfone groups is 1. The highest BCUT2D eigenvalue weighted by atomic mass is 32.2. The lowest BCUT2D eigenvalue weighted by atomic mass is 10.1. The minimum atomic E-state index is -3.14. The van der Waals surface area contributed by atoms with Gasteiger partial charge in [-0.15, -0.1) is 0 Å². The average molecular weight is 295 g/mol. The molecule has 1 amide bonds. The summed E-state index contributed by atoms with van der Waals surface area (Å²) in [5.41, 5.74) is 1.43. The van der Waals surface area contributed by atoms with Crippen LogP contribution in [-0.4, -0.2) is 32.8 Å². The molecule has 3 rings (SSSR count). The minimum absolute atomic E-state index is 0.152. The van der Waals surface area contributed by atoms with Crippen LogP contribution in [0.2, 0.25) is 0 Å². The van der Waals surface area contributed by atoms with Gasteiger partial charge < -0.3 is 10.1 Å². The molecular formula is C14H17NO4S. The molecule has 5 nitrogen and oxygen atoms in total. The van der Waals surface area contributed by atoms with Crippen LogP contribution in [0, 0.1) is 0 Å². The van der Waals surface area contributed by atoms with E-state index in [9.17, 15) is 13.2 Å². The largest absolute Gasteiger partial charge is 0.368 e. The number of ether oxygens (including phenoxy) is 1. The van der Waals surface area contributed by atoms with Crippen molar-refractivity contribution < 1.29 is 17.9 Å². The van der Waals surface area contributed by atoms with Crippen molar-refractivity contribution in [1.82, 2.24) is 0 Å². The molecule has 0 radical (unpaired) electrons. The van der Waals surface area contributed by atoms with Crippen molar-refractivity contribution in [3.8, 4) is 0 Å². The molecule has 0 aromatic heterocycles. The number of hydrogen-bond donors (Lipinski definition) is 1. The fourth-order valence-electron chi connectivity index (χ4n) is 2.73. The summed E-state index contributed by atoms with van der Waals surface area (Å²) in [6, 6.07) is 5.00. The lowest BCUT2D eigenvalue weighted by Gasteiger charge is -2.18. The highest BCUT2D eigenvalue weighted by Gasteiger charge is 2.26. The number of carbonyl (C=O) groups excluding carboxylic acids is 1. The summed E-state index contributed by atoms with van der Waals surface area (Å²) < 4.78 is 29.1. The van der Waals surface area contributed by atoms with Crippen molar-refractivity contribution in [3.63, 3.8) is 0 Å². The maximum absolute atomic E-state index is 12.0. The Bertz CT molecular complexity index is 633. The molecule has 0 aliphatic carbocycles. The van der Waals surface area contributed by atoms with Crippen LogP contribution in [0.3, 0.4) is 0 Å². The van der Waals surface area contributed by atoms with Gasteiger partial charge in [-0.25, -0.2) is 8.42 Å². The van der Waals surface area contributed by atoms with Crippen LogP contribution in [0.1, 0.15) is 24.8 Å². The Hall–Kier alpha value is -1.40. The Labute approximate surface area is 118 Å². The van der Waals surface area contributed by atoms with Gasteiger partial charge in [-0.05, 0) is 49.4 Å². The molecule has 2 aliphatic rings. The standard InChI is InChI=1S/C14H17NO4S/c16-14(12-4-1-7-19-12)15-11-5-6-13-10(9-11)3-2-8-20(13,17)18/h5-6,9,12H,1-4,7-8H2,(H,15,16). The molecule has 0 saturated carbocycles. The first-order valence-corrected chi connectivity index (χ1v) is 8.50. The van der Waals surface area contributed by atoms with E-state index in [-0.39, 0.29) is 17.8 Å². The zero-order valence-corrected chi connectivity index (χ0v) is 11.9. The zero-order valence-electron chi connectivity index (χ0n) is 11.1. The minimum Gasteiger partial charge on any atom is -0.368 e. The number of fused-ring (bicyclic) bond motifs is 1. The summed E-state index contributed by atoms with van der Waals surface area (Å²) in [6.07, 6.45) is 2.64. The lowest BCUT2D eigenvalue weighted by molar-refractivity contribution is -0.124. The zero-order chi connectivity index (χ0) is 14.2. The quantitative estimate of drug-likeness (QED) is 0.898. The van der Waals surface area contributed by atoms with E-state index in [0.717, 1.165) is 24.8 Å². The molecule has 1 N–H and O–H groups in total. The molecule has 1 aromatic carbocycles. The number of aryl methyl sites for hydroxylation is 1. The fourth-order valence-corrected chi connectivity index (χ4v) is 4.31. The highest BCUT2D eigenvalue weighted by Crippen LogP contribution is 2.27. The summed E-state index contributed by atoms with van der Waals surface area (Å²) in [6.45, 7) is 0.626. The average Bonchev–Trinajstić information content (AvgIpc) is 2.92. The van der Waals surface area contributed by atoms with Gasteiger partial charge in [0.15, 0.2) is 9.84 Å². The molecule has 6 heteroatoms. The van der Waals surface area contributed by atoms with Crippen LogP contribution in [-0.2, 0) is 25.8 Å². The van der Waals surface area contributed by atoms with Gasteiger partial charge in [0.05, 0.1) is 10.6 Å². The van der Waals surface area contributed by atoms with Crippen molar-refractivity contribution in [2.24, 2.45) is 0 Å². The van der Waals surface area contributed by atoms with Gasteiger partial charge in [-0.3, -0.25) is 4.79 Å². The van der Waals surface area contributed by atoms with Crippen LogP contribution >= 0.6 is 0 Å². The van der Waals surface area contributed by atoms with Crippen molar-refractivity contribution in [2.75, 3.05) is 17.7 Å². The molecule has 20 heavy (non-hydrogen) atoms. The van der Waals surface area contributed by atoms with Crippen molar-refractivity contribution >= 4 is 21.4 Å². The molecular weight excluding hydrogens is 278 g/mol. The van der Waals surface area contributed by atoms with Gasteiger partial charge in [0.2, 0.25) is 0 Å². The van der Waals surface area contributed by atoms with E-state index in [1.807, 2.05) is 0 Å². The molecule has 1 unspecified atom stereocenters. The van der Waals surface area contributed by atoms with Crippen LogP contribution < -0.4 is 5.32 Å². The number of rotatable bonds is 2. The first kappa shape index (κ1) is 13.6. The summed E-state index contributed by atoms with van der Waals surface area (Å²) >= 11 is 0. The van der Waals surface area contributed by atoms with Gasteiger partial charge >= 0.3 is 0 Å². The molecule has 108 valence electrons. The summed E-state index contributed by atoms with van der Waals surface area (Å²) in [7, 11) is -3.14. The molecule has 0 spiro atoms. The molecule has 1 atom stereocenters. The van der Waals surface area contributed by atoms with E-state index in [1.54, 1.807) is 18.2 Å². The number of nitrogens with one attached hydrogen (secondary N) is 1. The van der Waals surface area contributed by atoms with Crippen molar-refractivity contribution in [1.29, 1.82) is 0 Å². The van der Waals surface area contributed by atoms with Crippen LogP contribution in [0.15, 0.2) is 23.1 Å². The van der Waals surface area contributed by atoms with Gasteiger partial charge in [0.25, 0.3) is 5.91 Å². The lowest BCUT2D eigenvalue weighted by Crippen LogP contribution is -2.27. The van der Waals surface area contributed by atoms with Crippen molar-refractivity contribution in [2.45, 2.75) is 36.7 Å². The monoisotopic (exact) mass is 295 g/mol. The Kier molecular flexibility index (Phi) is 3.52. The Morgan fingerprint density at radius 1 is 1.30 bits per heavy atom. The van der Waals surface area contributed by atoms with E-state index in [2.05, 4.69) is 5.32 Å². The number of amides is 1. The highest BCUT2D eigenvalue weighted by molar-refractivity contribution is 7.91. The Morgan fingerprint density at radius 2 is 2.15 bits per heavy atom. The number of carbonyl (C=O) groups is 1. The van der Waals surface area contributed by atoms with E-state index in [4.69, 9.17) is 4.74 Å². The second kappa shape index (κ2) is 5.18. The molecule has 1 saturated heterocycles. The molecule has 0 bridgehead atoms. The Balaban J connectivity index is 1.80. The van der Waals surface area contributed by atoms with E-state index < -0.39 is 9.84 Å². The molecule has 2 heterocycles. The predicted octanol–water partition coefficient (Wildman–Crippen LogP) is 1.52. The SMILES string of the molecule is O=C(Nc1ccc2c(c1)CCCS2(=O)=O)C1CCCO1. The van der Waals surface area contributed by atoms with Gasteiger partial charge in [0.1, 0.15) is 6.10 Å². The Morgan fingerprint density at radius 3 is 2.90 bits per heavy atom. The van der Waals surface area contributed by atoms with E-state index in [0.29, 0.717) is 23.6 Å². The maximum atomic E-state index is 12.0. The third kappa shape index (κ3) is 2.58. The van der Waals surface area contributed by atoms with Gasteiger partial charge in [-0.1, -0.05) is 0 Å². The molecule has 1 aromatic rings. The van der Waals surface area contributed by atoms with E-state index in [1.165, 1.54) is 0 Å². The maximum Gasteiger partial charge on any atom is 0.253 e. The van der Waals surface area contributed by atoms with Crippen LogP contribution in [0.25, 0.3) is 0 Å². The summed E-state index contributed by atoms with van der Waals surface area (Å²) in [4.78, 5) is 12.4. The molecule has 2 aliphatic heterocycles. The van der Waals surface area contributed by atoms with Gasteiger partial charge in [-0.2, -0.15) is 0 Å². The van der Waals surface area contributed by atoms with Gasteiger partial charge in [0, 0.05) is 12.3 Å². The van der Waals surface area contributed by atoms with Crippen LogP contribution in [0.4, 0.5) is 5.69 Å². The fraction of sp³-hybridized carbons (Fsp3) is 0.500. The topological polar surface area (TPSA) is 72.5 Å². The number of anilines is 1. The molecule has 1 fully saturated rings. The van der Waals surface area contributed by atoms with Crippen LogP contribution in [0.5, 0.6) is 0 Å². The first-order valence-electron chi connectivity index (χ1n) is 6.84.